The molecule has 116 valence electrons. The van der Waals surface area contributed by atoms with Crippen LogP contribution < -0.4 is 15.2 Å². The highest BCUT2D eigenvalue weighted by Crippen LogP contribution is 2.45. The lowest BCUT2D eigenvalue weighted by Crippen LogP contribution is -2.20. The molecular weight excluding hydrogens is 294 g/mol. The van der Waals surface area contributed by atoms with E-state index in [4.69, 9.17) is 31.9 Å². The molecule has 1 aromatic rings. The van der Waals surface area contributed by atoms with E-state index in [9.17, 15) is 4.79 Å². The third-order valence-electron chi connectivity index (χ3n) is 3.49. The molecule has 5 nitrogen and oxygen atoms in total. The number of carbonyl (C=O) groups is 1. The van der Waals surface area contributed by atoms with E-state index in [1.807, 2.05) is 19.9 Å². The zero-order chi connectivity index (χ0) is 15.6. The zero-order valence-corrected chi connectivity index (χ0v) is 12.9. The van der Waals surface area contributed by atoms with Gasteiger partial charge in [0.05, 0.1) is 5.02 Å². The molecule has 6 heteroatoms. The Kier molecular flexibility index (Phi) is 4.96. The SMILES string of the molecule is CC(C)c1c(C(N)CCC(=O)O)cc2c(c1Cl)OCCO2. The van der Waals surface area contributed by atoms with Crippen molar-refractivity contribution in [2.45, 2.75) is 38.6 Å². The molecule has 0 aromatic heterocycles. The number of halogens is 1. The van der Waals surface area contributed by atoms with Crippen LogP contribution in [0, 0.1) is 0 Å². The van der Waals surface area contributed by atoms with Crippen molar-refractivity contribution in [3.8, 4) is 11.5 Å². The Morgan fingerprint density at radius 3 is 2.71 bits per heavy atom. The number of nitrogens with two attached hydrogens (primary N) is 1. The highest BCUT2D eigenvalue weighted by atomic mass is 35.5. The number of carboxylic acids is 1. The topological polar surface area (TPSA) is 81.8 Å². The van der Waals surface area contributed by atoms with Crippen molar-refractivity contribution in [2.24, 2.45) is 5.73 Å². The molecule has 0 aliphatic carbocycles. The molecule has 0 fully saturated rings. The summed E-state index contributed by atoms with van der Waals surface area (Å²) in [6, 6.07) is 1.44. The molecule has 0 bridgehead atoms. The summed E-state index contributed by atoms with van der Waals surface area (Å²) < 4.78 is 11.2. The van der Waals surface area contributed by atoms with Gasteiger partial charge in [0, 0.05) is 12.5 Å². The number of hydrogen-bond donors (Lipinski definition) is 2. The van der Waals surface area contributed by atoms with Gasteiger partial charge in [0.2, 0.25) is 0 Å². The second-order valence-corrected chi connectivity index (χ2v) is 5.79. The highest BCUT2D eigenvalue weighted by Gasteiger charge is 2.25. The molecule has 0 amide bonds. The Labute approximate surface area is 129 Å². The van der Waals surface area contributed by atoms with Crippen LogP contribution in [0.2, 0.25) is 5.02 Å². The van der Waals surface area contributed by atoms with Gasteiger partial charge in [-0.25, -0.2) is 0 Å². The van der Waals surface area contributed by atoms with Crippen LogP contribution in [0.1, 0.15) is 49.8 Å². The summed E-state index contributed by atoms with van der Waals surface area (Å²) in [5.74, 6) is 0.427. The fourth-order valence-electron chi connectivity index (χ4n) is 2.51. The first-order chi connectivity index (χ1) is 9.91. The highest BCUT2D eigenvalue weighted by molar-refractivity contribution is 6.33. The van der Waals surface area contributed by atoms with Gasteiger partial charge in [0.15, 0.2) is 11.5 Å². The quantitative estimate of drug-likeness (QED) is 0.873. The second kappa shape index (κ2) is 6.54. The van der Waals surface area contributed by atoms with E-state index >= 15 is 0 Å². The third-order valence-corrected chi connectivity index (χ3v) is 3.87. The number of fused-ring (bicyclic) bond motifs is 1. The maximum absolute atomic E-state index is 10.7. The van der Waals surface area contributed by atoms with E-state index < -0.39 is 12.0 Å². The Hall–Kier alpha value is -1.46. The number of benzene rings is 1. The lowest BCUT2D eigenvalue weighted by molar-refractivity contribution is -0.137. The Bertz CT molecular complexity index is 545. The molecule has 3 N–H and O–H groups in total. The molecule has 1 aromatic carbocycles. The number of aliphatic carboxylic acids is 1. The lowest BCUT2D eigenvalue weighted by atomic mass is 9.90. The van der Waals surface area contributed by atoms with Gasteiger partial charge in [-0.15, -0.1) is 0 Å². The molecule has 0 saturated heterocycles. The minimum absolute atomic E-state index is 0.0186. The van der Waals surface area contributed by atoms with E-state index in [-0.39, 0.29) is 12.3 Å². The van der Waals surface area contributed by atoms with E-state index in [0.29, 0.717) is 36.2 Å². The van der Waals surface area contributed by atoms with Crippen LogP contribution in [0.4, 0.5) is 0 Å². The molecule has 0 spiro atoms. The van der Waals surface area contributed by atoms with Crippen LogP contribution in [-0.4, -0.2) is 24.3 Å². The van der Waals surface area contributed by atoms with E-state index in [2.05, 4.69) is 0 Å². The van der Waals surface area contributed by atoms with Gasteiger partial charge in [-0.3, -0.25) is 4.79 Å². The summed E-state index contributed by atoms with van der Waals surface area (Å²) in [7, 11) is 0. The molecule has 21 heavy (non-hydrogen) atoms. The molecule has 1 aliphatic heterocycles. The van der Waals surface area contributed by atoms with Crippen molar-refractivity contribution < 1.29 is 19.4 Å². The summed E-state index contributed by atoms with van der Waals surface area (Å²) in [6.07, 6.45) is 0.371. The predicted molar refractivity (Wildman–Crippen MR) is 80.3 cm³/mol. The summed E-state index contributed by atoms with van der Waals surface area (Å²) >= 11 is 6.46. The van der Waals surface area contributed by atoms with Gasteiger partial charge in [0.25, 0.3) is 0 Å². The summed E-state index contributed by atoms with van der Waals surface area (Å²) in [5, 5.41) is 9.32. The Morgan fingerprint density at radius 1 is 1.43 bits per heavy atom. The molecule has 1 atom stereocenters. The third kappa shape index (κ3) is 3.41. The monoisotopic (exact) mass is 313 g/mol. The summed E-state index contributed by atoms with van der Waals surface area (Å²) in [6.45, 7) is 4.97. The van der Waals surface area contributed by atoms with Crippen LogP contribution in [0.3, 0.4) is 0 Å². The summed E-state index contributed by atoms with van der Waals surface area (Å²) in [5.41, 5.74) is 7.90. The number of hydrogen-bond acceptors (Lipinski definition) is 4. The lowest BCUT2D eigenvalue weighted by Gasteiger charge is -2.26. The molecular formula is C15H20ClNO4. The average Bonchev–Trinajstić information content (AvgIpc) is 2.44. The van der Waals surface area contributed by atoms with Crippen LogP contribution in [-0.2, 0) is 4.79 Å². The zero-order valence-electron chi connectivity index (χ0n) is 12.2. The van der Waals surface area contributed by atoms with Crippen molar-refractivity contribution in [2.75, 3.05) is 13.2 Å². The van der Waals surface area contributed by atoms with E-state index in [1.165, 1.54) is 0 Å². The normalized spacial score (nSPS) is 15.1. The van der Waals surface area contributed by atoms with Gasteiger partial charge in [-0.05, 0) is 29.5 Å². The largest absolute Gasteiger partial charge is 0.486 e. The maximum Gasteiger partial charge on any atom is 0.303 e. The van der Waals surface area contributed by atoms with Crippen LogP contribution >= 0.6 is 11.6 Å². The second-order valence-electron chi connectivity index (χ2n) is 5.41. The maximum atomic E-state index is 10.7. The first-order valence-electron chi connectivity index (χ1n) is 7.01. The number of ether oxygens (including phenoxy) is 2. The predicted octanol–water partition coefficient (Wildman–Crippen LogP) is 3.10. The molecule has 1 aliphatic rings. The van der Waals surface area contributed by atoms with Crippen molar-refractivity contribution in [1.29, 1.82) is 0 Å². The average molecular weight is 314 g/mol. The molecule has 2 rings (SSSR count). The van der Waals surface area contributed by atoms with E-state index in [0.717, 1.165) is 11.1 Å². The van der Waals surface area contributed by atoms with E-state index in [1.54, 1.807) is 0 Å². The minimum atomic E-state index is -0.861. The molecule has 1 unspecified atom stereocenters. The number of carboxylic acid groups (broad SMARTS) is 1. The van der Waals surface area contributed by atoms with Gasteiger partial charge in [0.1, 0.15) is 13.2 Å². The molecule has 0 radical (unpaired) electrons. The van der Waals surface area contributed by atoms with Gasteiger partial charge in [-0.1, -0.05) is 25.4 Å². The fraction of sp³-hybridized carbons (Fsp3) is 0.533. The number of rotatable bonds is 5. The van der Waals surface area contributed by atoms with Crippen molar-refractivity contribution in [3.63, 3.8) is 0 Å². The van der Waals surface area contributed by atoms with Crippen molar-refractivity contribution >= 4 is 17.6 Å². The first-order valence-corrected chi connectivity index (χ1v) is 7.38. The van der Waals surface area contributed by atoms with Crippen molar-refractivity contribution in [1.82, 2.24) is 0 Å². The fourth-order valence-corrected chi connectivity index (χ4v) is 2.98. The van der Waals surface area contributed by atoms with Crippen LogP contribution in [0.25, 0.3) is 0 Å². The standard InChI is InChI=1S/C15H20ClNO4/c1-8(2)13-9(10(17)3-4-12(18)19)7-11-15(14(13)16)21-6-5-20-11/h7-8,10H,3-6,17H2,1-2H3,(H,18,19). The van der Waals surface area contributed by atoms with Crippen LogP contribution in [0.5, 0.6) is 11.5 Å². The summed E-state index contributed by atoms with van der Waals surface area (Å²) in [4.78, 5) is 10.7. The van der Waals surface area contributed by atoms with Crippen LogP contribution in [0.15, 0.2) is 6.07 Å². The minimum Gasteiger partial charge on any atom is -0.486 e. The van der Waals surface area contributed by atoms with Gasteiger partial charge >= 0.3 is 5.97 Å². The van der Waals surface area contributed by atoms with Gasteiger partial charge in [-0.2, -0.15) is 0 Å². The van der Waals surface area contributed by atoms with Crippen molar-refractivity contribution in [3.05, 3.63) is 22.2 Å². The Morgan fingerprint density at radius 2 is 2.10 bits per heavy atom. The Balaban J connectivity index is 2.43. The molecule has 1 heterocycles. The molecule has 0 saturated carbocycles. The first kappa shape index (κ1) is 15.9. The smallest absolute Gasteiger partial charge is 0.303 e. The van der Waals surface area contributed by atoms with Gasteiger partial charge < -0.3 is 20.3 Å².